The monoisotopic (exact) mass is 418 g/mol. The first-order valence-corrected chi connectivity index (χ1v) is 10.0. The fourth-order valence-corrected chi connectivity index (χ4v) is 4.04. The molecule has 3 rings (SSSR count). The number of hydrogen-bond acceptors (Lipinski definition) is 4. The molecule has 2 aromatic rings. The van der Waals surface area contributed by atoms with Crippen LogP contribution >= 0.6 is 11.6 Å². The van der Waals surface area contributed by atoms with Gasteiger partial charge >= 0.3 is 0 Å². The first-order chi connectivity index (χ1) is 14.2. The fourth-order valence-electron chi connectivity index (χ4n) is 3.86. The molecule has 2 aromatic carbocycles. The summed E-state index contributed by atoms with van der Waals surface area (Å²) in [5.41, 5.74) is 7.84. The lowest BCUT2D eigenvalue weighted by atomic mass is 9.88. The van der Waals surface area contributed by atoms with Crippen molar-refractivity contribution in [1.82, 2.24) is 5.32 Å². The van der Waals surface area contributed by atoms with Gasteiger partial charge in [0, 0.05) is 53.6 Å². The molecule has 4 nitrogen and oxygen atoms in total. The smallest absolute Gasteiger partial charge is 0.110 e. The second-order valence-electron chi connectivity index (χ2n) is 7.32. The average Bonchev–Trinajstić information content (AvgIpc) is 2.69. The SMILES string of the molecule is C=C(/C(=C/NC)C(C)=N)c1ccc2c(c1C)C(=C)N(c1cccc(Cl)c1)C(=C)N2C. The van der Waals surface area contributed by atoms with E-state index < -0.39 is 0 Å². The first kappa shape index (κ1) is 21.5. The van der Waals surface area contributed by atoms with E-state index in [1.807, 2.05) is 49.5 Å². The van der Waals surface area contributed by atoms with E-state index in [4.69, 9.17) is 17.0 Å². The number of rotatable bonds is 5. The third-order valence-electron chi connectivity index (χ3n) is 5.42. The number of benzene rings is 2. The van der Waals surface area contributed by atoms with Crippen LogP contribution in [0.25, 0.3) is 11.3 Å². The maximum atomic E-state index is 8.13. The zero-order chi connectivity index (χ0) is 22.2. The molecule has 1 heterocycles. The summed E-state index contributed by atoms with van der Waals surface area (Å²) in [4.78, 5) is 4.07. The Morgan fingerprint density at radius 2 is 1.90 bits per heavy atom. The van der Waals surface area contributed by atoms with Gasteiger partial charge in [-0.3, -0.25) is 4.90 Å². The number of fused-ring (bicyclic) bond motifs is 1. The molecule has 1 aliphatic heterocycles. The Bertz CT molecular complexity index is 1110. The Morgan fingerprint density at radius 1 is 1.20 bits per heavy atom. The van der Waals surface area contributed by atoms with Gasteiger partial charge in [0.1, 0.15) is 5.82 Å². The summed E-state index contributed by atoms with van der Waals surface area (Å²) in [6.45, 7) is 16.8. The van der Waals surface area contributed by atoms with Crippen molar-refractivity contribution in [3.8, 4) is 0 Å². The summed E-state index contributed by atoms with van der Waals surface area (Å²) in [6.07, 6.45) is 1.81. The number of halogens is 1. The van der Waals surface area contributed by atoms with Gasteiger partial charge in [-0.15, -0.1) is 0 Å². The van der Waals surface area contributed by atoms with Crippen LogP contribution in [-0.2, 0) is 0 Å². The molecule has 2 N–H and O–H groups in total. The quantitative estimate of drug-likeness (QED) is 0.448. The molecule has 0 amide bonds. The van der Waals surface area contributed by atoms with Gasteiger partial charge in [-0.25, -0.2) is 0 Å². The van der Waals surface area contributed by atoms with Crippen molar-refractivity contribution in [2.24, 2.45) is 0 Å². The summed E-state index contributed by atoms with van der Waals surface area (Å²) in [5.74, 6) is 0.798. The van der Waals surface area contributed by atoms with Gasteiger partial charge in [0.15, 0.2) is 0 Å². The molecule has 0 saturated heterocycles. The van der Waals surface area contributed by atoms with Crippen LogP contribution in [0.5, 0.6) is 0 Å². The van der Waals surface area contributed by atoms with Crippen molar-refractivity contribution in [3.63, 3.8) is 0 Å². The fraction of sp³-hybridized carbons (Fsp3) is 0.160. The lowest BCUT2D eigenvalue weighted by Crippen LogP contribution is -2.36. The molecule has 0 radical (unpaired) electrons. The second-order valence-corrected chi connectivity index (χ2v) is 7.76. The summed E-state index contributed by atoms with van der Waals surface area (Å²) in [5, 5.41) is 11.8. The standard InChI is InChI=1S/C25H27ClN4/c1-15(23(14-28-6)17(3)27)22-11-12-24-25(16(22)2)18(4)30(19(5)29(24)7)21-10-8-9-20(26)13-21/h8-14,27-28H,1,4-5H2,2-3,6-7H3/b23-14-,27-17?. The molecule has 0 unspecified atom stereocenters. The minimum absolute atomic E-state index is 0.455. The molecule has 0 aliphatic carbocycles. The van der Waals surface area contributed by atoms with Crippen LogP contribution < -0.4 is 15.1 Å². The Labute approximate surface area is 184 Å². The molecular weight excluding hydrogens is 392 g/mol. The van der Waals surface area contributed by atoms with Crippen LogP contribution in [0.15, 0.2) is 73.7 Å². The molecule has 0 spiro atoms. The maximum absolute atomic E-state index is 8.13. The van der Waals surface area contributed by atoms with E-state index in [0.717, 1.165) is 50.7 Å². The maximum Gasteiger partial charge on any atom is 0.110 e. The van der Waals surface area contributed by atoms with E-state index in [9.17, 15) is 0 Å². The van der Waals surface area contributed by atoms with Crippen LogP contribution in [0.1, 0.15) is 23.6 Å². The van der Waals surface area contributed by atoms with Crippen molar-refractivity contribution in [2.45, 2.75) is 13.8 Å². The summed E-state index contributed by atoms with van der Waals surface area (Å²) >= 11 is 6.24. The molecule has 0 fully saturated rings. The van der Waals surface area contributed by atoms with E-state index >= 15 is 0 Å². The van der Waals surface area contributed by atoms with E-state index in [0.29, 0.717) is 10.7 Å². The summed E-state index contributed by atoms with van der Waals surface area (Å²) in [6, 6.07) is 11.8. The Hall–Kier alpha value is -3.24. The van der Waals surface area contributed by atoms with Gasteiger partial charge in [0.05, 0.1) is 5.69 Å². The zero-order valence-corrected chi connectivity index (χ0v) is 18.7. The zero-order valence-electron chi connectivity index (χ0n) is 17.9. The van der Waals surface area contributed by atoms with Crippen LogP contribution in [-0.4, -0.2) is 19.8 Å². The van der Waals surface area contributed by atoms with Crippen molar-refractivity contribution < 1.29 is 0 Å². The van der Waals surface area contributed by atoms with Gasteiger partial charge in [-0.2, -0.15) is 0 Å². The Balaban J connectivity index is 2.17. The van der Waals surface area contributed by atoms with Gasteiger partial charge in [-0.05, 0) is 54.8 Å². The molecule has 0 atom stereocenters. The number of allylic oxidation sites excluding steroid dienone is 2. The normalized spacial score (nSPS) is 14.0. The molecule has 0 saturated carbocycles. The number of nitrogens with one attached hydrogen (secondary N) is 2. The average molecular weight is 419 g/mol. The molecule has 0 bridgehead atoms. The second kappa shape index (κ2) is 8.25. The highest BCUT2D eigenvalue weighted by molar-refractivity contribution is 6.30. The van der Waals surface area contributed by atoms with Crippen LogP contribution in [0.3, 0.4) is 0 Å². The number of hydrogen-bond donors (Lipinski definition) is 2. The Kier molecular flexibility index (Phi) is 5.90. The first-order valence-electron chi connectivity index (χ1n) is 9.62. The van der Waals surface area contributed by atoms with Gasteiger partial charge in [-0.1, -0.05) is 43.5 Å². The van der Waals surface area contributed by atoms with Crippen LogP contribution in [0.4, 0.5) is 11.4 Å². The third-order valence-corrected chi connectivity index (χ3v) is 5.65. The molecule has 154 valence electrons. The minimum Gasteiger partial charge on any atom is -0.393 e. The van der Waals surface area contributed by atoms with E-state index in [-0.39, 0.29) is 0 Å². The van der Waals surface area contributed by atoms with E-state index in [1.54, 1.807) is 6.92 Å². The largest absolute Gasteiger partial charge is 0.393 e. The topological polar surface area (TPSA) is 42.4 Å². The van der Waals surface area contributed by atoms with Crippen molar-refractivity contribution >= 4 is 40.0 Å². The highest BCUT2D eigenvalue weighted by Crippen LogP contribution is 2.44. The van der Waals surface area contributed by atoms with Crippen LogP contribution in [0.2, 0.25) is 5.02 Å². The van der Waals surface area contributed by atoms with Gasteiger partial charge < -0.3 is 15.6 Å². The molecule has 0 aromatic heterocycles. The lowest BCUT2D eigenvalue weighted by molar-refractivity contribution is 0.988. The van der Waals surface area contributed by atoms with Gasteiger partial charge in [0.25, 0.3) is 0 Å². The highest BCUT2D eigenvalue weighted by Gasteiger charge is 2.30. The highest BCUT2D eigenvalue weighted by atomic mass is 35.5. The van der Waals surface area contributed by atoms with Crippen molar-refractivity contribution in [1.29, 1.82) is 5.41 Å². The number of nitrogens with zero attached hydrogens (tertiary/aromatic N) is 2. The third kappa shape index (κ3) is 3.55. The summed E-state index contributed by atoms with van der Waals surface area (Å²) in [7, 11) is 3.81. The molecule has 5 heteroatoms. The Morgan fingerprint density at radius 3 is 2.50 bits per heavy atom. The van der Waals surface area contributed by atoms with Crippen LogP contribution in [0, 0.1) is 12.3 Å². The van der Waals surface area contributed by atoms with E-state index in [2.05, 4.69) is 49.0 Å². The summed E-state index contributed by atoms with van der Waals surface area (Å²) < 4.78 is 0. The molecule has 1 aliphatic rings. The predicted octanol–water partition coefficient (Wildman–Crippen LogP) is 6.20. The number of anilines is 2. The lowest BCUT2D eigenvalue weighted by Gasteiger charge is -2.41. The van der Waals surface area contributed by atoms with E-state index in [1.165, 1.54) is 0 Å². The van der Waals surface area contributed by atoms with Crippen molar-refractivity contribution in [3.05, 3.63) is 95.4 Å². The molecule has 30 heavy (non-hydrogen) atoms. The minimum atomic E-state index is 0.455. The van der Waals surface area contributed by atoms with Gasteiger partial charge in [0.2, 0.25) is 0 Å². The molecular formula is C25H27ClN4. The predicted molar refractivity (Wildman–Crippen MR) is 131 cm³/mol. The van der Waals surface area contributed by atoms with Crippen molar-refractivity contribution in [2.75, 3.05) is 23.9 Å².